The molecule has 20 heavy (non-hydrogen) atoms. The highest BCUT2D eigenvalue weighted by molar-refractivity contribution is 5.85. The third kappa shape index (κ3) is 5.85. The van der Waals surface area contributed by atoms with E-state index < -0.39 is 0 Å². The zero-order valence-corrected chi connectivity index (χ0v) is 13.7. The van der Waals surface area contributed by atoms with Crippen LogP contribution in [0, 0.1) is 0 Å². The molecule has 1 aliphatic rings. The van der Waals surface area contributed by atoms with E-state index in [1.165, 1.54) is 70.0 Å². The summed E-state index contributed by atoms with van der Waals surface area (Å²) in [7, 11) is 0. The first-order valence-electron chi connectivity index (χ1n) is 8.18. The molecule has 1 saturated heterocycles. The molecule has 1 atom stereocenters. The van der Waals surface area contributed by atoms with E-state index in [4.69, 9.17) is 0 Å². The molecule has 114 valence electrons. The minimum atomic E-state index is 0. The molecule has 1 heterocycles. The smallest absolute Gasteiger partial charge is 0.0136 e. The molecule has 1 aromatic rings. The molecule has 0 aliphatic carbocycles. The maximum absolute atomic E-state index is 2.76. The summed E-state index contributed by atoms with van der Waals surface area (Å²) < 4.78 is 0. The molecule has 2 heteroatoms. The SMILES string of the molecule is CCCCCCN1CCCCC1Cc1ccccc1.Cl. The maximum atomic E-state index is 2.76. The van der Waals surface area contributed by atoms with Gasteiger partial charge in [-0.1, -0.05) is 62.9 Å². The Balaban J connectivity index is 0.00000200. The molecule has 0 amide bonds. The first-order valence-corrected chi connectivity index (χ1v) is 8.18. The van der Waals surface area contributed by atoms with E-state index in [0.717, 1.165) is 6.04 Å². The van der Waals surface area contributed by atoms with E-state index in [-0.39, 0.29) is 12.4 Å². The number of rotatable bonds is 7. The van der Waals surface area contributed by atoms with Crippen molar-refractivity contribution in [3.8, 4) is 0 Å². The van der Waals surface area contributed by atoms with E-state index in [2.05, 4.69) is 42.2 Å². The summed E-state index contributed by atoms with van der Waals surface area (Å²) in [6, 6.07) is 11.8. The Kier molecular flexibility index (Phi) is 8.97. The van der Waals surface area contributed by atoms with Crippen LogP contribution < -0.4 is 0 Å². The Bertz CT molecular complexity index is 339. The van der Waals surface area contributed by atoms with Crippen LogP contribution in [0.1, 0.15) is 57.4 Å². The Labute approximate surface area is 131 Å². The average molecular weight is 296 g/mol. The fourth-order valence-electron chi connectivity index (χ4n) is 3.21. The van der Waals surface area contributed by atoms with Crippen molar-refractivity contribution >= 4 is 12.4 Å². The van der Waals surface area contributed by atoms with Crippen LogP contribution in [0.25, 0.3) is 0 Å². The Morgan fingerprint density at radius 3 is 2.60 bits per heavy atom. The van der Waals surface area contributed by atoms with Gasteiger partial charge in [-0.05, 0) is 44.3 Å². The number of unbranched alkanes of at least 4 members (excludes halogenated alkanes) is 3. The van der Waals surface area contributed by atoms with Gasteiger partial charge in [0.05, 0.1) is 0 Å². The van der Waals surface area contributed by atoms with Crippen LogP contribution in [-0.4, -0.2) is 24.0 Å². The van der Waals surface area contributed by atoms with Gasteiger partial charge in [0, 0.05) is 6.04 Å². The lowest BCUT2D eigenvalue weighted by molar-refractivity contribution is 0.144. The van der Waals surface area contributed by atoms with Gasteiger partial charge < -0.3 is 4.90 Å². The van der Waals surface area contributed by atoms with Gasteiger partial charge in [0.25, 0.3) is 0 Å². The average Bonchev–Trinajstić information content (AvgIpc) is 2.46. The fourth-order valence-corrected chi connectivity index (χ4v) is 3.21. The molecule has 1 nitrogen and oxygen atoms in total. The summed E-state index contributed by atoms with van der Waals surface area (Å²) in [5.74, 6) is 0. The second-order valence-electron chi connectivity index (χ2n) is 5.94. The van der Waals surface area contributed by atoms with Crippen molar-refractivity contribution in [2.75, 3.05) is 13.1 Å². The molecule has 2 rings (SSSR count). The molecule has 0 spiro atoms. The van der Waals surface area contributed by atoms with Gasteiger partial charge in [0.15, 0.2) is 0 Å². The highest BCUT2D eigenvalue weighted by Gasteiger charge is 2.21. The van der Waals surface area contributed by atoms with Crippen molar-refractivity contribution in [3.05, 3.63) is 35.9 Å². The molecule has 1 aromatic carbocycles. The molecule has 1 aliphatic heterocycles. The van der Waals surface area contributed by atoms with Crippen LogP contribution in [0.2, 0.25) is 0 Å². The van der Waals surface area contributed by atoms with Crippen LogP contribution in [0.4, 0.5) is 0 Å². The lowest BCUT2D eigenvalue weighted by atomic mass is 9.95. The van der Waals surface area contributed by atoms with Gasteiger partial charge in [-0.25, -0.2) is 0 Å². The van der Waals surface area contributed by atoms with E-state index in [9.17, 15) is 0 Å². The second-order valence-corrected chi connectivity index (χ2v) is 5.94. The normalized spacial score (nSPS) is 19.6. The van der Waals surface area contributed by atoms with Crippen molar-refractivity contribution < 1.29 is 0 Å². The Hall–Kier alpha value is -0.530. The number of hydrogen-bond donors (Lipinski definition) is 0. The van der Waals surface area contributed by atoms with Crippen molar-refractivity contribution in [1.82, 2.24) is 4.90 Å². The topological polar surface area (TPSA) is 3.24 Å². The molecular weight excluding hydrogens is 266 g/mol. The first kappa shape index (κ1) is 17.5. The van der Waals surface area contributed by atoms with Crippen LogP contribution in [0.3, 0.4) is 0 Å². The van der Waals surface area contributed by atoms with Crippen molar-refractivity contribution in [2.24, 2.45) is 0 Å². The number of piperidine rings is 1. The predicted molar refractivity (Wildman–Crippen MR) is 90.7 cm³/mol. The summed E-state index contributed by atoms with van der Waals surface area (Å²) in [4.78, 5) is 2.76. The van der Waals surface area contributed by atoms with Crippen molar-refractivity contribution in [3.63, 3.8) is 0 Å². The largest absolute Gasteiger partial charge is 0.300 e. The molecule has 0 bridgehead atoms. The zero-order chi connectivity index (χ0) is 13.3. The van der Waals surface area contributed by atoms with E-state index in [1.807, 2.05) is 0 Å². The van der Waals surface area contributed by atoms with Crippen LogP contribution in [0.15, 0.2) is 30.3 Å². The summed E-state index contributed by atoms with van der Waals surface area (Å²) in [6.07, 6.45) is 11.0. The lowest BCUT2D eigenvalue weighted by Gasteiger charge is -2.36. The maximum Gasteiger partial charge on any atom is 0.0136 e. The number of likely N-dealkylation sites (tertiary alicyclic amines) is 1. The van der Waals surface area contributed by atoms with E-state index in [1.54, 1.807) is 0 Å². The van der Waals surface area contributed by atoms with Gasteiger partial charge in [0.2, 0.25) is 0 Å². The second kappa shape index (κ2) is 10.2. The van der Waals surface area contributed by atoms with Gasteiger partial charge in [-0.15, -0.1) is 12.4 Å². The summed E-state index contributed by atoms with van der Waals surface area (Å²) in [5.41, 5.74) is 1.51. The highest BCUT2D eigenvalue weighted by atomic mass is 35.5. The molecule has 0 radical (unpaired) electrons. The molecule has 0 saturated carbocycles. The Morgan fingerprint density at radius 2 is 1.85 bits per heavy atom. The molecule has 1 unspecified atom stereocenters. The number of halogens is 1. The van der Waals surface area contributed by atoms with Gasteiger partial charge in [0.1, 0.15) is 0 Å². The molecule has 0 aromatic heterocycles. The predicted octanol–water partition coefficient (Wildman–Crippen LogP) is 5.09. The minimum Gasteiger partial charge on any atom is -0.300 e. The van der Waals surface area contributed by atoms with Crippen LogP contribution in [0.5, 0.6) is 0 Å². The first-order chi connectivity index (χ1) is 9.40. The van der Waals surface area contributed by atoms with Gasteiger partial charge in [-0.2, -0.15) is 0 Å². The Morgan fingerprint density at radius 1 is 1.05 bits per heavy atom. The third-order valence-corrected chi connectivity index (χ3v) is 4.36. The number of benzene rings is 1. The van der Waals surface area contributed by atoms with Crippen molar-refractivity contribution in [1.29, 1.82) is 0 Å². The van der Waals surface area contributed by atoms with Gasteiger partial charge in [-0.3, -0.25) is 0 Å². The highest BCUT2D eigenvalue weighted by Crippen LogP contribution is 2.21. The van der Waals surface area contributed by atoms with Gasteiger partial charge >= 0.3 is 0 Å². The monoisotopic (exact) mass is 295 g/mol. The molecular formula is C18H30ClN. The molecule has 1 fully saturated rings. The summed E-state index contributed by atoms with van der Waals surface area (Å²) in [6.45, 7) is 4.93. The van der Waals surface area contributed by atoms with E-state index in [0.29, 0.717) is 0 Å². The fraction of sp³-hybridized carbons (Fsp3) is 0.667. The van der Waals surface area contributed by atoms with Crippen LogP contribution >= 0.6 is 12.4 Å². The number of hydrogen-bond acceptors (Lipinski definition) is 1. The number of nitrogens with zero attached hydrogens (tertiary/aromatic N) is 1. The van der Waals surface area contributed by atoms with Crippen LogP contribution in [-0.2, 0) is 6.42 Å². The van der Waals surface area contributed by atoms with E-state index >= 15 is 0 Å². The third-order valence-electron chi connectivity index (χ3n) is 4.36. The summed E-state index contributed by atoms with van der Waals surface area (Å²) >= 11 is 0. The minimum absolute atomic E-state index is 0. The molecule has 0 N–H and O–H groups in total. The quantitative estimate of drug-likeness (QED) is 0.634. The zero-order valence-electron chi connectivity index (χ0n) is 12.9. The standard InChI is InChI=1S/C18H29N.ClH/c1-2-3-4-9-14-19-15-10-8-13-18(19)16-17-11-6-5-7-12-17;/h5-7,11-12,18H,2-4,8-10,13-16H2,1H3;1H. The lowest BCUT2D eigenvalue weighted by Crippen LogP contribution is -2.41. The summed E-state index contributed by atoms with van der Waals surface area (Å²) in [5, 5.41) is 0. The van der Waals surface area contributed by atoms with Crippen molar-refractivity contribution in [2.45, 2.75) is 64.3 Å².